The van der Waals surface area contributed by atoms with Gasteiger partial charge in [-0.1, -0.05) is 157 Å². The largest absolute Gasteiger partial charge is 0.0630 e. The molecule has 220 valence electrons. The minimum Gasteiger partial charge on any atom is -0.0616 e. The molecule has 0 bridgehead atoms. The topological polar surface area (TPSA) is 0 Å². The zero-order chi connectivity index (χ0) is 47.0. The molecular formula is C48H28. The molecule has 11 aromatic rings. The van der Waals surface area contributed by atoms with E-state index >= 15 is 0 Å². The van der Waals surface area contributed by atoms with Gasteiger partial charge >= 0.3 is 0 Å². The summed E-state index contributed by atoms with van der Waals surface area (Å²) < 4.78 is 163. The molecule has 0 aliphatic carbocycles. The minimum atomic E-state index is -0.577. The van der Waals surface area contributed by atoms with E-state index in [-0.39, 0.29) is 81.3 Å². The lowest BCUT2D eigenvalue weighted by atomic mass is 9.85. The van der Waals surface area contributed by atoms with Crippen molar-refractivity contribution >= 4 is 75.4 Å². The lowest BCUT2D eigenvalue weighted by molar-refractivity contribution is 1.62. The van der Waals surface area contributed by atoms with E-state index in [0.717, 1.165) is 0 Å². The molecule has 0 nitrogen and oxygen atoms in total. The quantitative estimate of drug-likeness (QED) is 0.172. The second kappa shape index (κ2) is 9.64. The average molecular weight is 623 g/mol. The van der Waals surface area contributed by atoms with Crippen LogP contribution in [0.2, 0.25) is 0 Å². The highest BCUT2D eigenvalue weighted by Crippen LogP contribution is 2.45. The van der Waals surface area contributed by atoms with Crippen LogP contribution in [0, 0.1) is 0 Å². The smallest absolute Gasteiger partial charge is 0.0616 e. The van der Waals surface area contributed by atoms with E-state index in [1.165, 1.54) is 0 Å². The molecule has 0 amide bonds. The fourth-order valence-electron chi connectivity index (χ4n) is 7.16. The molecule has 0 heteroatoms. The van der Waals surface area contributed by atoms with Gasteiger partial charge < -0.3 is 0 Å². The van der Waals surface area contributed by atoms with Gasteiger partial charge in [-0.2, -0.15) is 0 Å². The summed E-state index contributed by atoms with van der Waals surface area (Å²) >= 11 is 0. The first-order valence-electron chi connectivity index (χ1n) is 24.3. The van der Waals surface area contributed by atoms with E-state index < -0.39 is 109 Å². The molecule has 0 aromatic heterocycles. The molecule has 0 N–H and O–H groups in total. The molecule has 0 saturated carbocycles. The van der Waals surface area contributed by atoms with Crippen molar-refractivity contribution in [3.8, 4) is 33.4 Å². The third-order valence-corrected chi connectivity index (χ3v) is 9.26. The van der Waals surface area contributed by atoms with E-state index in [0.29, 0.717) is 27.5 Å². The highest BCUT2D eigenvalue weighted by molar-refractivity contribution is 6.27. The Morgan fingerprint density at radius 3 is 1.38 bits per heavy atom. The van der Waals surface area contributed by atoms with Crippen LogP contribution < -0.4 is 0 Å². The lowest BCUT2D eigenvalue weighted by Crippen LogP contribution is -1.92. The van der Waals surface area contributed by atoms with Gasteiger partial charge in [0.05, 0.1) is 24.7 Å². The highest BCUT2D eigenvalue weighted by Gasteiger charge is 2.18. The van der Waals surface area contributed by atoms with Gasteiger partial charge in [-0.25, -0.2) is 0 Å². The van der Waals surface area contributed by atoms with Crippen LogP contribution in [-0.4, -0.2) is 0 Å². The van der Waals surface area contributed by atoms with Crippen molar-refractivity contribution in [1.29, 1.82) is 0 Å². The summed E-state index contributed by atoms with van der Waals surface area (Å²) in [6.07, 6.45) is 0. The van der Waals surface area contributed by atoms with Crippen molar-refractivity contribution in [3.05, 3.63) is 169 Å². The summed E-state index contributed by atoms with van der Waals surface area (Å²) in [5.41, 5.74) is 1.55. The molecule has 0 saturated heterocycles. The fourth-order valence-corrected chi connectivity index (χ4v) is 7.16. The second-order valence-electron chi connectivity index (χ2n) is 11.8. The SMILES string of the molecule is [2H]c1c([2H])c2c([2H])c([2H])c3c([2H])c([2H])c(-c4cc(-c5ccccc5-c5c([2H])c([2H])c6c([2H])c([2H])c7c([2H])c([2H])c([2H])c8c([2H])c([2H])c5c6c78)c5ccccc5c4)c4c([2H])c([2H])c(c1[2H])c2c34. The van der Waals surface area contributed by atoms with Crippen molar-refractivity contribution in [1.82, 2.24) is 0 Å². The zero-order valence-corrected chi connectivity index (χ0v) is 24.8. The molecule has 0 fully saturated rings. The van der Waals surface area contributed by atoms with Gasteiger partial charge in [0.2, 0.25) is 0 Å². The molecule has 0 radical (unpaired) electrons. The first kappa shape index (κ1) is 14.3. The highest BCUT2D eigenvalue weighted by atomic mass is 14.2. The standard InChI is InChI=1S/C48H28/c1-2-12-37-35(7-1)27-36(38-23-19-33-17-15-29-8-5-10-31-21-25-42(38)47(33)45(29)31)28-44(37)40-14-4-3-13-39(40)41-24-20-34-18-16-30-9-6-11-32-22-26-43(41)48(34)46(30)32/h1-28H/i5D,6D,8D,9D,10D,11D,15D,16D,17D,18D,19D,20D,21D,22D,23D,24D,25D,26D. The van der Waals surface area contributed by atoms with Crippen LogP contribution in [0.3, 0.4) is 0 Å². The summed E-state index contributed by atoms with van der Waals surface area (Å²) in [7, 11) is 0. The Morgan fingerprint density at radius 2 is 0.750 bits per heavy atom. The molecule has 11 rings (SSSR count). The van der Waals surface area contributed by atoms with Crippen molar-refractivity contribution in [3.63, 3.8) is 0 Å². The normalized spacial score (nSPS) is 17.4. The average Bonchev–Trinajstić information content (AvgIpc) is 3.30. The van der Waals surface area contributed by atoms with Crippen LogP contribution in [0.4, 0.5) is 0 Å². The lowest BCUT2D eigenvalue weighted by Gasteiger charge is -2.19. The molecular weight excluding hydrogens is 577 g/mol. The summed E-state index contributed by atoms with van der Waals surface area (Å²) in [6, 6.07) is 8.67. The molecule has 0 atom stereocenters. The minimum absolute atomic E-state index is 0.0122. The van der Waals surface area contributed by atoms with Crippen LogP contribution in [0.15, 0.2) is 169 Å². The predicted molar refractivity (Wildman–Crippen MR) is 208 cm³/mol. The summed E-state index contributed by atoms with van der Waals surface area (Å²) in [6.45, 7) is 0. The van der Waals surface area contributed by atoms with Crippen LogP contribution in [-0.2, 0) is 0 Å². The Hall–Kier alpha value is -6.24. The van der Waals surface area contributed by atoms with Crippen molar-refractivity contribution in [2.45, 2.75) is 0 Å². The number of hydrogen-bond donors (Lipinski definition) is 0. The van der Waals surface area contributed by atoms with Gasteiger partial charge in [-0.15, -0.1) is 0 Å². The number of fused-ring (bicyclic) bond motifs is 1. The third-order valence-electron chi connectivity index (χ3n) is 9.26. The summed E-state index contributed by atoms with van der Waals surface area (Å²) in [5.74, 6) is 0. The molecule has 11 aromatic carbocycles. The van der Waals surface area contributed by atoms with Crippen LogP contribution in [0.5, 0.6) is 0 Å². The van der Waals surface area contributed by atoms with Gasteiger partial charge in [0.1, 0.15) is 0 Å². The predicted octanol–water partition coefficient (Wildman–Crippen LogP) is 13.6. The maximum Gasteiger partial charge on any atom is 0.0630 e. The van der Waals surface area contributed by atoms with E-state index in [1.807, 2.05) is 6.07 Å². The maximum atomic E-state index is 9.54. The molecule has 0 spiro atoms. The number of benzene rings is 11. The van der Waals surface area contributed by atoms with Gasteiger partial charge in [0.25, 0.3) is 0 Å². The summed E-state index contributed by atoms with van der Waals surface area (Å²) in [5, 5.41) is 0.312. The first-order chi connectivity index (χ1) is 31.3. The van der Waals surface area contributed by atoms with Crippen LogP contribution in [0.25, 0.3) is 109 Å². The molecule has 0 aliphatic heterocycles. The zero-order valence-electron chi connectivity index (χ0n) is 42.8. The molecule has 48 heavy (non-hydrogen) atoms. The Morgan fingerprint density at radius 1 is 0.292 bits per heavy atom. The fraction of sp³-hybridized carbons (Fsp3) is 0. The number of rotatable bonds is 3. The van der Waals surface area contributed by atoms with E-state index in [9.17, 15) is 11.0 Å². The Balaban J connectivity index is 1.30. The van der Waals surface area contributed by atoms with Crippen LogP contribution in [0.1, 0.15) is 24.7 Å². The number of hydrogen-bond acceptors (Lipinski definition) is 0. The van der Waals surface area contributed by atoms with E-state index in [1.54, 1.807) is 54.6 Å². The third kappa shape index (κ3) is 3.55. The summed E-state index contributed by atoms with van der Waals surface area (Å²) in [4.78, 5) is 0. The Labute approximate surface area is 303 Å². The van der Waals surface area contributed by atoms with Crippen LogP contribution >= 0.6 is 0 Å². The van der Waals surface area contributed by atoms with Crippen molar-refractivity contribution in [2.24, 2.45) is 0 Å². The monoisotopic (exact) mass is 622 g/mol. The Kier molecular flexibility index (Phi) is 2.86. The van der Waals surface area contributed by atoms with Gasteiger partial charge in [0, 0.05) is 0 Å². The van der Waals surface area contributed by atoms with Crippen molar-refractivity contribution < 1.29 is 24.7 Å². The van der Waals surface area contributed by atoms with E-state index in [2.05, 4.69) is 0 Å². The van der Waals surface area contributed by atoms with Gasteiger partial charge in [0.15, 0.2) is 0 Å². The molecule has 0 aliphatic rings. The molecule has 0 heterocycles. The molecule has 0 unspecified atom stereocenters. The maximum absolute atomic E-state index is 9.54. The van der Waals surface area contributed by atoms with Crippen molar-refractivity contribution in [2.75, 3.05) is 0 Å². The van der Waals surface area contributed by atoms with Gasteiger partial charge in [-0.3, -0.25) is 0 Å². The Bertz CT molecular complexity index is 4030. The van der Waals surface area contributed by atoms with Gasteiger partial charge in [-0.05, 0) is 121 Å². The van der Waals surface area contributed by atoms with E-state index in [4.69, 9.17) is 13.7 Å². The first-order valence-corrected chi connectivity index (χ1v) is 15.3. The second-order valence-corrected chi connectivity index (χ2v) is 11.8.